The first-order valence-corrected chi connectivity index (χ1v) is 9.57. The summed E-state index contributed by atoms with van der Waals surface area (Å²) in [7, 11) is 2.19. The van der Waals surface area contributed by atoms with E-state index in [2.05, 4.69) is 37.0 Å². The Morgan fingerprint density at radius 2 is 1.93 bits per heavy atom. The summed E-state index contributed by atoms with van der Waals surface area (Å²) in [6.45, 7) is 4.35. The molecular formula is C20H23N7O. The molecular weight excluding hydrogens is 354 g/mol. The molecule has 2 aromatic heterocycles. The third kappa shape index (κ3) is 2.99. The highest BCUT2D eigenvalue weighted by molar-refractivity contribution is 5.68. The molecule has 8 nitrogen and oxygen atoms in total. The summed E-state index contributed by atoms with van der Waals surface area (Å²) in [5.74, 6) is 0.812. The van der Waals surface area contributed by atoms with Crippen LogP contribution in [0.2, 0.25) is 0 Å². The van der Waals surface area contributed by atoms with Crippen molar-refractivity contribution in [2.24, 2.45) is 5.41 Å². The van der Waals surface area contributed by atoms with Crippen molar-refractivity contribution >= 4 is 5.95 Å². The van der Waals surface area contributed by atoms with Crippen LogP contribution < -0.4 is 4.90 Å². The summed E-state index contributed by atoms with van der Waals surface area (Å²) in [6, 6.07) is 5.42. The van der Waals surface area contributed by atoms with Crippen molar-refractivity contribution in [1.29, 1.82) is 0 Å². The van der Waals surface area contributed by atoms with Crippen LogP contribution in [0.1, 0.15) is 12.8 Å². The standard InChI is InChI=1S/C20H23N7O/c1-25-7-4-20(5-8-25)12-27(13-20)19-22-11-17(23-24-19)16-3-2-15(10-18(16)28)26-9-6-21-14-26/h2-3,6,9-11,14,28H,4-5,7-8,12-13H2,1H3. The van der Waals surface area contributed by atoms with E-state index in [1.165, 1.54) is 25.9 Å². The highest BCUT2D eigenvalue weighted by Crippen LogP contribution is 2.41. The zero-order chi connectivity index (χ0) is 19.1. The van der Waals surface area contributed by atoms with Crippen molar-refractivity contribution in [3.8, 4) is 22.7 Å². The Balaban J connectivity index is 1.30. The molecule has 2 fully saturated rings. The number of hydrogen-bond acceptors (Lipinski definition) is 7. The van der Waals surface area contributed by atoms with Gasteiger partial charge in [0, 0.05) is 42.5 Å². The molecule has 0 atom stereocenters. The number of phenolic OH excluding ortho intramolecular Hbond substituents is 1. The SMILES string of the molecule is CN1CCC2(CC1)CN(c1ncc(-c3ccc(-n4ccnc4)cc3O)nn1)C2. The molecule has 1 N–H and O–H groups in total. The number of likely N-dealkylation sites (tertiary alicyclic amines) is 1. The first-order valence-electron chi connectivity index (χ1n) is 9.57. The Morgan fingerprint density at radius 3 is 2.57 bits per heavy atom. The van der Waals surface area contributed by atoms with E-state index in [1.807, 2.05) is 22.9 Å². The van der Waals surface area contributed by atoms with Crippen molar-refractivity contribution in [1.82, 2.24) is 29.6 Å². The normalized spacial score (nSPS) is 19.0. The molecule has 144 valence electrons. The summed E-state index contributed by atoms with van der Waals surface area (Å²) in [5.41, 5.74) is 2.44. The molecule has 1 aromatic carbocycles. The lowest BCUT2D eigenvalue weighted by molar-refractivity contribution is 0.0893. The van der Waals surface area contributed by atoms with E-state index in [9.17, 15) is 5.11 Å². The first kappa shape index (κ1) is 17.1. The van der Waals surface area contributed by atoms with Gasteiger partial charge >= 0.3 is 0 Å². The fourth-order valence-electron chi connectivity index (χ4n) is 4.16. The van der Waals surface area contributed by atoms with Gasteiger partial charge in [-0.15, -0.1) is 10.2 Å². The van der Waals surface area contributed by atoms with Gasteiger partial charge in [0.2, 0.25) is 5.95 Å². The minimum Gasteiger partial charge on any atom is -0.507 e. The van der Waals surface area contributed by atoms with Crippen LogP contribution in [0, 0.1) is 5.41 Å². The van der Waals surface area contributed by atoms with Crippen molar-refractivity contribution in [3.63, 3.8) is 0 Å². The Hall–Kier alpha value is -3.00. The monoisotopic (exact) mass is 377 g/mol. The summed E-state index contributed by atoms with van der Waals surface area (Å²) < 4.78 is 1.83. The molecule has 0 saturated carbocycles. The second-order valence-electron chi connectivity index (χ2n) is 7.97. The van der Waals surface area contributed by atoms with E-state index >= 15 is 0 Å². The van der Waals surface area contributed by atoms with Crippen molar-refractivity contribution in [2.75, 3.05) is 38.1 Å². The van der Waals surface area contributed by atoms with Gasteiger partial charge in [-0.25, -0.2) is 9.97 Å². The third-order valence-electron chi connectivity index (χ3n) is 5.99. The molecule has 0 amide bonds. The number of rotatable bonds is 3. The first-order chi connectivity index (χ1) is 13.6. The molecule has 2 saturated heterocycles. The molecule has 5 rings (SSSR count). The molecule has 2 aliphatic rings. The average Bonchev–Trinajstić information content (AvgIpc) is 3.22. The fourth-order valence-corrected chi connectivity index (χ4v) is 4.16. The topological polar surface area (TPSA) is 83.2 Å². The number of nitrogens with zero attached hydrogens (tertiary/aromatic N) is 7. The minimum absolute atomic E-state index is 0.143. The molecule has 0 aliphatic carbocycles. The van der Waals surface area contributed by atoms with Gasteiger partial charge in [-0.2, -0.15) is 0 Å². The zero-order valence-electron chi connectivity index (χ0n) is 15.9. The fraction of sp³-hybridized carbons (Fsp3) is 0.400. The van der Waals surface area contributed by atoms with Crippen LogP contribution in [-0.4, -0.2) is 68.0 Å². The maximum atomic E-state index is 10.4. The van der Waals surface area contributed by atoms with Gasteiger partial charge in [-0.3, -0.25) is 0 Å². The van der Waals surface area contributed by atoms with E-state index in [1.54, 1.807) is 24.8 Å². The quantitative estimate of drug-likeness (QED) is 0.747. The maximum Gasteiger partial charge on any atom is 0.245 e. The summed E-state index contributed by atoms with van der Waals surface area (Å²) in [5, 5.41) is 19.0. The molecule has 2 aliphatic heterocycles. The number of aromatic hydroxyl groups is 1. The van der Waals surface area contributed by atoms with E-state index in [0.29, 0.717) is 22.6 Å². The Morgan fingerprint density at radius 1 is 1.11 bits per heavy atom. The van der Waals surface area contributed by atoms with Crippen LogP contribution in [0.25, 0.3) is 16.9 Å². The van der Waals surface area contributed by atoms with E-state index in [4.69, 9.17) is 0 Å². The summed E-state index contributed by atoms with van der Waals surface area (Å²) >= 11 is 0. The number of benzene rings is 1. The number of anilines is 1. The van der Waals surface area contributed by atoms with Gasteiger partial charge in [0.15, 0.2) is 0 Å². The predicted octanol–water partition coefficient (Wildman–Crippen LogP) is 1.96. The van der Waals surface area contributed by atoms with Gasteiger partial charge in [0.25, 0.3) is 0 Å². The molecule has 0 unspecified atom stereocenters. The lowest BCUT2D eigenvalue weighted by Crippen LogP contribution is -2.60. The van der Waals surface area contributed by atoms with Gasteiger partial charge < -0.3 is 19.5 Å². The van der Waals surface area contributed by atoms with Crippen LogP contribution in [0.3, 0.4) is 0 Å². The highest BCUT2D eigenvalue weighted by Gasteiger charge is 2.45. The number of imidazole rings is 1. The van der Waals surface area contributed by atoms with Gasteiger partial charge in [-0.05, 0) is 45.1 Å². The number of piperidine rings is 1. The molecule has 8 heteroatoms. The molecule has 1 spiro atoms. The molecule has 4 heterocycles. The van der Waals surface area contributed by atoms with Gasteiger partial charge in [0.1, 0.15) is 11.4 Å². The van der Waals surface area contributed by atoms with E-state index in [-0.39, 0.29) is 5.75 Å². The van der Waals surface area contributed by atoms with Gasteiger partial charge in [0.05, 0.1) is 18.2 Å². The van der Waals surface area contributed by atoms with E-state index < -0.39 is 0 Å². The average molecular weight is 377 g/mol. The number of phenols is 1. The number of hydrogen-bond donors (Lipinski definition) is 1. The second-order valence-corrected chi connectivity index (χ2v) is 7.97. The second kappa shape index (κ2) is 6.56. The zero-order valence-corrected chi connectivity index (χ0v) is 15.9. The van der Waals surface area contributed by atoms with Crippen LogP contribution >= 0.6 is 0 Å². The van der Waals surface area contributed by atoms with Crippen molar-refractivity contribution in [3.05, 3.63) is 43.1 Å². The smallest absolute Gasteiger partial charge is 0.245 e. The van der Waals surface area contributed by atoms with Crippen LogP contribution in [0.4, 0.5) is 5.95 Å². The van der Waals surface area contributed by atoms with Crippen LogP contribution in [0.5, 0.6) is 5.75 Å². The highest BCUT2D eigenvalue weighted by atomic mass is 16.3. The Labute approximate surface area is 163 Å². The minimum atomic E-state index is 0.143. The molecule has 28 heavy (non-hydrogen) atoms. The predicted molar refractivity (Wildman–Crippen MR) is 105 cm³/mol. The van der Waals surface area contributed by atoms with Crippen LogP contribution in [0.15, 0.2) is 43.1 Å². The largest absolute Gasteiger partial charge is 0.507 e. The molecule has 0 radical (unpaired) electrons. The molecule has 3 aromatic rings. The van der Waals surface area contributed by atoms with Gasteiger partial charge in [-0.1, -0.05) is 0 Å². The van der Waals surface area contributed by atoms with Crippen molar-refractivity contribution in [2.45, 2.75) is 12.8 Å². The molecule has 0 bridgehead atoms. The van der Waals surface area contributed by atoms with E-state index in [0.717, 1.165) is 18.8 Å². The Kier molecular flexibility index (Phi) is 4.01. The lowest BCUT2D eigenvalue weighted by atomic mass is 9.72. The Bertz CT molecular complexity index is 955. The number of aromatic nitrogens is 5. The lowest BCUT2D eigenvalue weighted by Gasteiger charge is -2.53. The van der Waals surface area contributed by atoms with Crippen LogP contribution in [-0.2, 0) is 0 Å². The van der Waals surface area contributed by atoms with Crippen molar-refractivity contribution < 1.29 is 5.11 Å². The maximum absolute atomic E-state index is 10.4. The summed E-state index contributed by atoms with van der Waals surface area (Å²) in [4.78, 5) is 13.1. The summed E-state index contributed by atoms with van der Waals surface area (Å²) in [6.07, 6.45) is 9.38. The third-order valence-corrected chi connectivity index (χ3v) is 5.99.